The van der Waals surface area contributed by atoms with E-state index in [2.05, 4.69) is 78.3 Å². The van der Waals surface area contributed by atoms with Gasteiger partial charge >= 0.3 is 0 Å². The van der Waals surface area contributed by atoms with Gasteiger partial charge in [0.1, 0.15) is 0 Å². The fourth-order valence-electron chi connectivity index (χ4n) is 3.47. The van der Waals surface area contributed by atoms with E-state index in [0.717, 1.165) is 49.6 Å². The Hall–Kier alpha value is -1.92. The lowest BCUT2D eigenvalue weighted by atomic mass is 10.1. The van der Waals surface area contributed by atoms with Crippen LogP contribution in [-0.2, 0) is 6.42 Å². The average molecular weight is 430 g/mol. The monoisotopic (exact) mass is 429 g/mol. The van der Waals surface area contributed by atoms with Crippen molar-refractivity contribution in [2.24, 2.45) is 4.99 Å². The Balaban J connectivity index is 1.47. The lowest BCUT2D eigenvalue weighted by molar-refractivity contribution is 0.138. The number of guanidine groups is 1. The number of hydrogen-bond acceptors (Lipinski definition) is 3. The summed E-state index contributed by atoms with van der Waals surface area (Å²) in [6.07, 6.45) is 4.69. The summed E-state index contributed by atoms with van der Waals surface area (Å²) >= 11 is 3.51. The lowest BCUT2D eigenvalue weighted by Gasteiger charge is -2.39. The van der Waals surface area contributed by atoms with Gasteiger partial charge in [0, 0.05) is 62.7 Å². The van der Waals surface area contributed by atoms with Crippen LogP contribution in [0.2, 0.25) is 0 Å². The molecule has 0 amide bonds. The van der Waals surface area contributed by atoms with E-state index in [0.29, 0.717) is 6.04 Å². The predicted octanol–water partition coefficient (Wildman–Crippen LogP) is 3.34. The van der Waals surface area contributed by atoms with Crippen molar-refractivity contribution in [3.05, 3.63) is 64.4 Å². The minimum absolute atomic E-state index is 0.431. The summed E-state index contributed by atoms with van der Waals surface area (Å²) in [6, 6.07) is 13.2. The highest BCUT2D eigenvalue weighted by Gasteiger charge is 2.23. The second-order valence-electron chi connectivity index (χ2n) is 6.84. The number of aromatic nitrogens is 1. The van der Waals surface area contributed by atoms with Gasteiger partial charge in [-0.1, -0.05) is 34.1 Å². The molecule has 27 heavy (non-hydrogen) atoms. The molecular weight excluding hydrogens is 402 g/mol. The summed E-state index contributed by atoms with van der Waals surface area (Å²) in [6.45, 7) is 7.23. The molecule has 1 aliphatic rings. The number of hydrogen-bond donors (Lipinski definition) is 1. The number of piperazine rings is 1. The molecule has 144 valence electrons. The third-order valence-corrected chi connectivity index (χ3v) is 5.67. The standard InChI is InChI=1S/C21H28BrN5/c1-17(19-5-7-20(22)8-6-19)26-12-14-27(15-13-26)21(23-2)25-11-9-18-4-3-10-24-16-18/h3-8,10,16-17H,9,11-15H2,1-2H3,(H,23,25). The minimum atomic E-state index is 0.431. The Kier molecular flexibility index (Phi) is 7.24. The van der Waals surface area contributed by atoms with Crippen LogP contribution in [0.3, 0.4) is 0 Å². The average Bonchev–Trinajstić information content (AvgIpc) is 2.72. The topological polar surface area (TPSA) is 43.8 Å². The van der Waals surface area contributed by atoms with E-state index >= 15 is 0 Å². The second-order valence-corrected chi connectivity index (χ2v) is 7.75. The smallest absolute Gasteiger partial charge is 0.193 e. The Morgan fingerprint density at radius 1 is 1.19 bits per heavy atom. The zero-order valence-corrected chi connectivity index (χ0v) is 17.7. The van der Waals surface area contributed by atoms with Gasteiger partial charge in [0.05, 0.1) is 0 Å². The van der Waals surface area contributed by atoms with E-state index in [4.69, 9.17) is 0 Å². The van der Waals surface area contributed by atoms with Crippen LogP contribution >= 0.6 is 15.9 Å². The molecule has 2 aromatic rings. The zero-order chi connectivity index (χ0) is 19.1. The molecule has 0 aliphatic carbocycles. The van der Waals surface area contributed by atoms with E-state index < -0.39 is 0 Å². The molecule has 0 radical (unpaired) electrons. The fraction of sp³-hybridized carbons (Fsp3) is 0.429. The Morgan fingerprint density at radius 2 is 1.93 bits per heavy atom. The number of nitrogens with zero attached hydrogens (tertiary/aromatic N) is 4. The van der Waals surface area contributed by atoms with E-state index in [-0.39, 0.29) is 0 Å². The molecule has 5 nitrogen and oxygen atoms in total. The highest BCUT2D eigenvalue weighted by atomic mass is 79.9. The fourth-order valence-corrected chi connectivity index (χ4v) is 3.73. The first-order valence-corrected chi connectivity index (χ1v) is 10.3. The Labute approximate surface area is 170 Å². The summed E-state index contributed by atoms with van der Waals surface area (Å²) in [5.74, 6) is 0.995. The van der Waals surface area contributed by atoms with Crippen LogP contribution in [0.1, 0.15) is 24.1 Å². The second kappa shape index (κ2) is 9.85. The number of nitrogens with one attached hydrogen (secondary N) is 1. The van der Waals surface area contributed by atoms with Crippen LogP contribution < -0.4 is 5.32 Å². The molecule has 0 spiro atoms. The van der Waals surface area contributed by atoms with E-state index in [9.17, 15) is 0 Å². The lowest BCUT2D eigenvalue weighted by Crippen LogP contribution is -2.53. The summed E-state index contributed by atoms with van der Waals surface area (Å²) in [4.78, 5) is 13.5. The molecule has 0 saturated carbocycles. The first-order valence-electron chi connectivity index (χ1n) is 9.51. The maximum Gasteiger partial charge on any atom is 0.193 e. The molecule has 1 N–H and O–H groups in total. The van der Waals surface area contributed by atoms with Crippen molar-refractivity contribution < 1.29 is 0 Å². The predicted molar refractivity (Wildman–Crippen MR) is 115 cm³/mol. The molecule has 1 aliphatic heterocycles. The van der Waals surface area contributed by atoms with Crippen LogP contribution in [0, 0.1) is 0 Å². The molecule has 1 unspecified atom stereocenters. The molecule has 1 saturated heterocycles. The van der Waals surface area contributed by atoms with Gasteiger partial charge in [0.15, 0.2) is 5.96 Å². The Bertz CT molecular complexity index is 724. The molecule has 1 atom stereocenters. The van der Waals surface area contributed by atoms with Crippen molar-refractivity contribution in [3.8, 4) is 0 Å². The van der Waals surface area contributed by atoms with Gasteiger partial charge in [-0.25, -0.2) is 0 Å². The van der Waals surface area contributed by atoms with Crippen LogP contribution in [0.15, 0.2) is 58.3 Å². The molecule has 3 rings (SSSR count). The SMILES string of the molecule is CN=C(NCCc1cccnc1)N1CCN(C(C)c2ccc(Br)cc2)CC1. The summed E-state index contributed by atoms with van der Waals surface area (Å²) in [5, 5.41) is 3.49. The number of rotatable bonds is 5. The molecule has 2 heterocycles. The van der Waals surface area contributed by atoms with Gasteiger partial charge < -0.3 is 10.2 Å². The maximum absolute atomic E-state index is 4.47. The van der Waals surface area contributed by atoms with Gasteiger partial charge in [-0.3, -0.25) is 14.9 Å². The normalized spacial score (nSPS) is 17.0. The van der Waals surface area contributed by atoms with E-state index in [1.165, 1.54) is 11.1 Å². The number of aliphatic imine (C=N–C) groups is 1. The zero-order valence-electron chi connectivity index (χ0n) is 16.1. The van der Waals surface area contributed by atoms with Gasteiger partial charge in [0.25, 0.3) is 0 Å². The van der Waals surface area contributed by atoms with Crippen molar-refractivity contribution in [2.75, 3.05) is 39.8 Å². The van der Waals surface area contributed by atoms with E-state index in [1.54, 1.807) is 0 Å². The van der Waals surface area contributed by atoms with Crippen LogP contribution in [0.4, 0.5) is 0 Å². The number of halogens is 1. The summed E-state index contributed by atoms with van der Waals surface area (Å²) in [7, 11) is 1.86. The summed E-state index contributed by atoms with van der Waals surface area (Å²) in [5.41, 5.74) is 2.61. The van der Waals surface area contributed by atoms with Crippen LogP contribution in [-0.4, -0.2) is 60.5 Å². The van der Waals surface area contributed by atoms with Gasteiger partial charge in [0.2, 0.25) is 0 Å². The third kappa shape index (κ3) is 5.53. The van der Waals surface area contributed by atoms with Crippen molar-refractivity contribution in [1.82, 2.24) is 20.1 Å². The highest BCUT2D eigenvalue weighted by molar-refractivity contribution is 9.10. The quantitative estimate of drug-likeness (QED) is 0.584. The van der Waals surface area contributed by atoms with Crippen molar-refractivity contribution >= 4 is 21.9 Å². The molecule has 1 aromatic heterocycles. The maximum atomic E-state index is 4.47. The molecule has 6 heteroatoms. The van der Waals surface area contributed by atoms with Gasteiger partial charge in [-0.2, -0.15) is 0 Å². The summed E-state index contributed by atoms with van der Waals surface area (Å²) < 4.78 is 1.13. The van der Waals surface area contributed by atoms with Crippen LogP contribution in [0.5, 0.6) is 0 Å². The molecule has 1 fully saturated rings. The first-order chi connectivity index (χ1) is 13.2. The van der Waals surface area contributed by atoms with Crippen LogP contribution in [0.25, 0.3) is 0 Å². The van der Waals surface area contributed by atoms with Gasteiger partial charge in [-0.15, -0.1) is 0 Å². The van der Waals surface area contributed by atoms with Gasteiger partial charge in [-0.05, 0) is 42.7 Å². The third-order valence-electron chi connectivity index (χ3n) is 5.15. The number of pyridine rings is 1. The minimum Gasteiger partial charge on any atom is -0.356 e. The first kappa shape index (κ1) is 19.8. The molecule has 0 bridgehead atoms. The Morgan fingerprint density at radius 3 is 2.56 bits per heavy atom. The van der Waals surface area contributed by atoms with E-state index in [1.807, 2.05) is 25.5 Å². The van der Waals surface area contributed by atoms with Crippen molar-refractivity contribution in [1.29, 1.82) is 0 Å². The highest BCUT2D eigenvalue weighted by Crippen LogP contribution is 2.23. The van der Waals surface area contributed by atoms with Crippen molar-refractivity contribution in [3.63, 3.8) is 0 Å². The van der Waals surface area contributed by atoms with Crippen molar-refractivity contribution in [2.45, 2.75) is 19.4 Å². The largest absolute Gasteiger partial charge is 0.356 e. The molecule has 1 aromatic carbocycles. The number of benzene rings is 1. The molecular formula is C21H28BrN5.